The van der Waals surface area contributed by atoms with Gasteiger partial charge >= 0.3 is 0 Å². The average molecular weight is 249 g/mol. The third kappa shape index (κ3) is 2.89. The molecule has 1 fully saturated rings. The van der Waals surface area contributed by atoms with Gasteiger partial charge in [-0.25, -0.2) is 0 Å². The summed E-state index contributed by atoms with van der Waals surface area (Å²) in [5, 5.41) is 12.8. The Balaban J connectivity index is 2.02. The van der Waals surface area contributed by atoms with Crippen molar-refractivity contribution < 1.29 is 14.6 Å². The van der Waals surface area contributed by atoms with Crippen molar-refractivity contribution >= 4 is 5.91 Å². The fourth-order valence-electron chi connectivity index (χ4n) is 2.12. The Bertz CT molecular complexity index is 405. The predicted molar refractivity (Wildman–Crippen MR) is 67.8 cm³/mol. The maximum absolute atomic E-state index is 11.8. The number of rotatable bonds is 3. The standard InChI is InChI=1S/C14H19NO3/c1-9(2)12-13(16)15-11(14(17)18-12)8-10-6-4-3-5-7-10/h3-7,9,11-12,14,17H,8H2,1-2H3,(H,15,16)/t11-,12-,14?/m0/s1. The number of morpholine rings is 1. The fraction of sp³-hybridized carbons (Fsp3) is 0.500. The highest BCUT2D eigenvalue weighted by Crippen LogP contribution is 2.18. The minimum Gasteiger partial charge on any atom is -0.366 e. The number of carbonyl (C=O) groups is 1. The summed E-state index contributed by atoms with van der Waals surface area (Å²) < 4.78 is 5.39. The zero-order chi connectivity index (χ0) is 13.1. The number of ether oxygens (including phenoxy) is 1. The molecule has 1 amide bonds. The summed E-state index contributed by atoms with van der Waals surface area (Å²) >= 11 is 0. The van der Waals surface area contributed by atoms with Gasteiger partial charge in [0.25, 0.3) is 0 Å². The van der Waals surface area contributed by atoms with Gasteiger partial charge in [-0.05, 0) is 17.9 Å². The normalized spacial score (nSPS) is 28.2. The molecule has 1 aromatic rings. The molecule has 0 aliphatic carbocycles. The van der Waals surface area contributed by atoms with Crippen LogP contribution in [0.1, 0.15) is 19.4 Å². The third-order valence-electron chi connectivity index (χ3n) is 3.12. The molecule has 2 rings (SSSR count). The molecule has 1 aromatic carbocycles. The molecule has 2 N–H and O–H groups in total. The Kier molecular flexibility index (Phi) is 3.99. The first kappa shape index (κ1) is 13.1. The molecule has 0 aromatic heterocycles. The number of benzene rings is 1. The van der Waals surface area contributed by atoms with E-state index in [1.54, 1.807) is 0 Å². The summed E-state index contributed by atoms with van der Waals surface area (Å²) in [6.45, 7) is 3.79. The molecule has 0 radical (unpaired) electrons. The summed E-state index contributed by atoms with van der Waals surface area (Å²) in [6, 6.07) is 9.36. The second-order valence-corrected chi connectivity index (χ2v) is 5.00. The molecule has 1 unspecified atom stereocenters. The van der Waals surface area contributed by atoms with E-state index in [1.807, 2.05) is 44.2 Å². The molecule has 0 spiro atoms. The predicted octanol–water partition coefficient (Wildman–Crippen LogP) is 1.09. The number of carbonyl (C=O) groups excluding carboxylic acids is 1. The smallest absolute Gasteiger partial charge is 0.249 e. The van der Waals surface area contributed by atoms with Crippen molar-refractivity contribution in [2.45, 2.75) is 38.7 Å². The number of nitrogens with one attached hydrogen (secondary N) is 1. The molecule has 4 nitrogen and oxygen atoms in total. The molecule has 1 heterocycles. The van der Waals surface area contributed by atoms with Crippen LogP contribution >= 0.6 is 0 Å². The zero-order valence-corrected chi connectivity index (χ0v) is 10.7. The lowest BCUT2D eigenvalue weighted by Gasteiger charge is -2.35. The second kappa shape index (κ2) is 5.50. The van der Waals surface area contributed by atoms with Gasteiger partial charge in [0.2, 0.25) is 5.91 Å². The van der Waals surface area contributed by atoms with Crippen molar-refractivity contribution in [3.8, 4) is 0 Å². The molecule has 0 saturated carbocycles. The van der Waals surface area contributed by atoms with E-state index >= 15 is 0 Å². The number of hydrogen-bond acceptors (Lipinski definition) is 3. The molecular formula is C14H19NO3. The number of amides is 1. The van der Waals surface area contributed by atoms with Crippen LogP contribution in [0.25, 0.3) is 0 Å². The lowest BCUT2D eigenvalue weighted by atomic mass is 10.0. The molecule has 0 bridgehead atoms. The SMILES string of the molecule is CC(C)[C@@H]1OC(O)[C@H](Cc2ccccc2)NC1=O. The summed E-state index contributed by atoms with van der Waals surface area (Å²) in [6.07, 6.45) is -0.944. The summed E-state index contributed by atoms with van der Waals surface area (Å²) in [5.41, 5.74) is 1.06. The van der Waals surface area contributed by atoms with Crippen LogP contribution in [0.4, 0.5) is 0 Å². The first-order valence-corrected chi connectivity index (χ1v) is 6.25. The van der Waals surface area contributed by atoms with Crippen molar-refractivity contribution in [3.05, 3.63) is 35.9 Å². The van der Waals surface area contributed by atoms with E-state index < -0.39 is 12.4 Å². The molecule has 1 aliphatic rings. The van der Waals surface area contributed by atoms with Gasteiger partial charge in [0.05, 0.1) is 6.04 Å². The van der Waals surface area contributed by atoms with Crippen LogP contribution in [-0.2, 0) is 16.0 Å². The van der Waals surface area contributed by atoms with Crippen molar-refractivity contribution in [2.24, 2.45) is 5.92 Å². The summed E-state index contributed by atoms with van der Waals surface area (Å²) in [7, 11) is 0. The van der Waals surface area contributed by atoms with Gasteiger partial charge in [-0.15, -0.1) is 0 Å². The Morgan fingerprint density at radius 2 is 2.00 bits per heavy atom. The molecule has 3 atom stereocenters. The summed E-state index contributed by atoms with van der Waals surface area (Å²) in [5.74, 6) is -0.0893. The quantitative estimate of drug-likeness (QED) is 0.843. The maximum atomic E-state index is 11.8. The van der Waals surface area contributed by atoms with E-state index in [0.717, 1.165) is 5.56 Å². The third-order valence-corrected chi connectivity index (χ3v) is 3.12. The highest BCUT2D eigenvalue weighted by molar-refractivity contribution is 5.82. The first-order valence-electron chi connectivity index (χ1n) is 6.25. The molecule has 18 heavy (non-hydrogen) atoms. The van der Waals surface area contributed by atoms with E-state index in [0.29, 0.717) is 6.42 Å². The van der Waals surface area contributed by atoms with Crippen molar-refractivity contribution in [1.29, 1.82) is 0 Å². The fourth-order valence-corrected chi connectivity index (χ4v) is 2.12. The number of aliphatic hydroxyl groups excluding tert-OH is 1. The van der Waals surface area contributed by atoms with Gasteiger partial charge in [-0.3, -0.25) is 4.79 Å². The Hall–Kier alpha value is -1.39. The Morgan fingerprint density at radius 3 is 2.61 bits per heavy atom. The molecule has 4 heteroatoms. The van der Waals surface area contributed by atoms with Gasteiger partial charge in [-0.2, -0.15) is 0 Å². The first-order chi connectivity index (χ1) is 8.58. The van der Waals surface area contributed by atoms with Crippen LogP contribution in [0.15, 0.2) is 30.3 Å². The van der Waals surface area contributed by atoms with Gasteiger partial charge < -0.3 is 15.2 Å². The molecule has 1 aliphatic heterocycles. The number of hydrogen-bond donors (Lipinski definition) is 2. The lowest BCUT2D eigenvalue weighted by molar-refractivity contribution is -0.195. The van der Waals surface area contributed by atoms with E-state index in [2.05, 4.69) is 5.32 Å². The average Bonchev–Trinajstić information content (AvgIpc) is 2.34. The Morgan fingerprint density at radius 1 is 1.33 bits per heavy atom. The second-order valence-electron chi connectivity index (χ2n) is 5.00. The zero-order valence-electron chi connectivity index (χ0n) is 10.7. The van der Waals surface area contributed by atoms with Gasteiger partial charge in [0.1, 0.15) is 6.10 Å². The largest absolute Gasteiger partial charge is 0.366 e. The Labute approximate surface area is 107 Å². The monoisotopic (exact) mass is 249 g/mol. The van der Waals surface area contributed by atoms with E-state index in [1.165, 1.54) is 0 Å². The maximum Gasteiger partial charge on any atom is 0.249 e. The number of aliphatic hydroxyl groups is 1. The van der Waals surface area contributed by atoms with Gasteiger partial charge in [-0.1, -0.05) is 44.2 Å². The van der Waals surface area contributed by atoms with Gasteiger partial charge in [0, 0.05) is 0 Å². The highest BCUT2D eigenvalue weighted by Gasteiger charge is 2.36. The summed E-state index contributed by atoms with van der Waals surface area (Å²) in [4.78, 5) is 11.8. The topological polar surface area (TPSA) is 58.6 Å². The molecule has 98 valence electrons. The van der Waals surface area contributed by atoms with Crippen molar-refractivity contribution in [3.63, 3.8) is 0 Å². The lowest BCUT2D eigenvalue weighted by Crippen LogP contribution is -2.58. The minimum absolute atomic E-state index is 0.0531. The van der Waals surface area contributed by atoms with Crippen LogP contribution in [0.5, 0.6) is 0 Å². The van der Waals surface area contributed by atoms with Crippen LogP contribution in [0.2, 0.25) is 0 Å². The van der Waals surface area contributed by atoms with Crippen LogP contribution in [0, 0.1) is 5.92 Å². The molecular weight excluding hydrogens is 230 g/mol. The van der Waals surface area contributed by atoms with Gasteiger partial charge in [0.15, 0.2) is 6.29 Å². The van der Waals surface area contributed by atoms with Crippen LogP contribution in [0.3, 0.4) is 0 Å². The molecule has 1 saturated heterocycles. The van der Waals surface area contributed by atoms with Crippen LogP contribution in [-0.4, -0.2) is 29.4 Å². The minimum atomic E-state index is -0.949. The van der Waals surface area contributed by atoms with E-state index in [9.17, 15) is 9.90 Å². The van der Waals surface area contributed by atoms with E-state index in [-0.39, 0.29) is 17.9 Å². The van der Waals surface area contributed by atoms with E-state index in [4.69, 9.17) is 4.74 Å². The highest BCUT2D eigenvalue weighted by atomic mass is 16.6. The van der Waals surface area contributed by atoms with Crippen LogP contribution < -0.4 is 5.32 Å². The van der Waals surface area contributed by atoms with Crippen molar-refractivity contribution in [1.82, 2.24) is 5.32 Å². The van der Waals surface area contributed by atoms with Crippen molar-refractivity contribution in [2.75, 3.05) is 0 Å².